The van der Waals surface area contributed by atoms with E-state index in [-0.39, 0.29) is 12.3 Å². The van der Waals surface area contributed by atoms with Gasteiger partial charge in [-0.25, -0.2) is 0 Å². The second-order valence-corrected chi connectivity index (χ2v) is 2.79. The Hall–Kier alpha value is -0.590. The van der Waals surface area contributed by atoms with Crippen LogP contribution in [0.5, 0.6) is 0 Å². The van der Waals surface area contributed by atoms with Gasteiger partial charge in [-0.05, 0) is 12.8 Å². The molecule has 0 aromatic heterocycles. The molecular weight excluding hydrogens is 128 g/mol. The quantitative estimate of drug-likeness (QED) is 0.484. The summed E-state index contributed by atoms with van der Waals surface area (Å²) in [6.45, 7) is 1.76. The van der Waals surface area contributed by atoms with E-state index in [0.29, 0.717) is 0 Å². The Labute approximate surface area is 60.2 Å². The normalized spacial score (nSPS) is 39.5. The summed E-state index contributed by atoms with van der Waals surface area (Å²) < 4.78 is 5.38. The van der Waals surface area contributed by atoms with Gasteiger partial charge in [0.2, 0.25) is 0 Å². The fraction of sp³-hybridized carbons (Fsp3) is 0.857. The fourth-order valence-corrected chi connectivity index (χ4v) is 1.74. The number of hydrogen-bond donors (Lipinski definition) is 0. The van der Waals surface area contributed by atoms with E-state index in [1.165, 1.54) is 0 Å². The van der Waals surface area contributed by atoms with Crippen LogP contribution in [0.3, 0.4) is 0 Å². The second-order valence-electron chi connectivity index (χ2n) is 2.79. The average molecular weight is 138 g/mol. The van der Waals surface area contributed by atoms with Gasteiger partial charge in [-0.15, -0.1) is 0 Å². The predicted octanol–water partition coefficient (Wildman–Crippen LogP) is 0.331. The summed E-state index contributed by atoms with van der Waals surface area (Å²) in [5.41, 5.74) is 0. The molecule has 3 nitrogen and oxygen atoms in total. The zero-order chi connectivity index (χ0) is 6.97. The van der Waals surface area contributed by atoms with Crippen LogP contribution in [-0.2, 0) is 4.74 Å². The first-order valence-electron chi connectivity index (χ1n) is 3.69. The molecule has 0 unspecified atom stereocenters. The van der Waals surface area contributed by atoms with Crippen molar-refractivity contribution in [3.63, 3.8) is 0 Å². The number of hydrogen-bond acceptors (Lipinski definition) is 3. The van der Waals surface area contributed by atoms with Crippen LogP contribution in [0.15, 0.2) is 0 Å². The number of fused-ring (bicyclic) bond motifs is 1. The Balaban J connectivity index is 2.10. The van der Waals surface area contributed by atoms with Gasteiger partial charge in [0.1, 0.15) is 6.23 Å². The standard InChI is InChI=1S/C7H10N2O/c8-5-6-1-2-7-9(6)3-4-10-7/h6-7H,1-4H2/t6-,7-/m0/s1. The Kier molecular flexibility index (Phi) is 1.37. The summed E-state index contributed by atoms with van der Waals surface area (Å²) >= 11 is 0. The lowest BCUT2D eigenvalue weighted by atomic mass is 10.2. The molecule has 2 rings (SSSR count). The zero-order valence-corrected chi connectivity index (χ0v) is 5.79. The van der Waals surface area contributed by atoms with Gasteiger partial charge < -0.3 is 4.74 Å². The van der Waals surface area contributed by atoms with E-state index in [4.69, 9.17) is 10.00 Å². The van der Waals surface area contributed by atoms with Crippen LogP contribution in [0.1, 0.15) is 12.8 Å². The van der Waals surface area contributed by atoms with Crippen molar-refractivity contribution < 1.29 is 4.74 Å². The van der Waals surface area contributed by atoms with Crippen LogP contribution in [-0.4, -0.2) is 30.3 Å². The monoisotopic (exact) mass is 138 g/mol. The lowest BCUT2D eigenvalue weighted by Gasteiger charge is -2.14. The van der Waals surface area contributed by atoms with Gasteiger partial charge in [-0.2, -0.15) is 5.26 Å². The number of rotatable bonds is 0. The number of nitrogens with zero attached hydrogens (tertiary/aromatic N) is 2. The molecule has 10 heavy (non-hydrogen) atoms. The van der Waals surface area contributed by atoms with Crippen molar-refractivity contribution >= 4 is 0 Å². The van der Waals surface area contributed by atoms with E-state index >= 15 is 0 Å². The third-order valence-corrected chi connectivity index (χ3v) is 2.27. The molecule has 2 fully saturated rings. The molecular formula is C7H10N2O. The summed E-state index contributed by atoms with van der Waals surface area (Å²) in [5, 5.41) is 8.67. The average Bonchev–Trinajstić information content (AvgIpc) is 2.44. The largest absolute Gasteiger partial charge is 0.362 e. The SMILES string of the molecule is N#C[C@@H]1CC[C@@H]2OCCN12. The topological polar surface area (TPSA) is 36.3 Å². The highest BCUT2D eigenvalue weighted by Gasteiger charge is 2.37. The third-order valence-electron chi connectivity index (χ3n) is 2.27. The first kappa shape index (κ1) is 6.14. The molecule has 2 atom stereocenters. The molecule has 54 valence electrons. The minimum absolute atomic E-state index is 0.132. The van der Waals surface area contributed by atoms with Crippen LogP contribution >= 0.6 is 0 Å². The van der Waals surface area contributed by atoms with E-state index in [1.807, 2.05) is 0 Å². The fourth-order valence-electron chi connectivity index (χ4n) is 1.74. The molecule has 0 spiro atoms. The Morgan fingerprint density at radius 3 is 3.20 bits per heavy atom. The van der Waals surface area contributed by atoms with Crippen molar-refractivity contribution in [1.82, 2.24) is 4.90 Å². The van der Waals surface area contributed by atoms with Gasteiger partial charge >= 0.3 is 0 Å². The summed E-state index contributed by atoms with van der Waals surface area (Å²) in [6, 6.07) is 2.41. The minimum atomic E-state index is 0.132. The molecule has 2 heterocycles. The zero-order valence-electron chi connectivity index (χ0n) is 5.79. The summed E-state index contributed by atoms with van der Waals surface area (Å²) in [5.74, 6) is 0. The van der Waals surface area contributed by atoms with Crippen molar-refractivity contribution in [2.24, 2.45) is 0 Å². The van der Waals surface area contributed by atoms with E-state index < -0.39 is 0 Å². The van der Waals surface area contributed by atoms with Crippen LogP contribution in [0.2, 0.25) is 0 Å². The maximum Gasteiger partial charge on any atom is 0.111 e. The van der Waals surface area contributed by atoms with Crippen molar-refractivity contribution in [2.45, 2.75) is 25.1 Å². The van der Waals surface area contributed by atoms with Gasteiger partial charge in [0, 0.05) is 6.54 Å². The van der Waals surface area contributed by atoms with Crippen molar-refractivity contribution in [3.05, 3.63) is 0 Å². The molecule has 0 N–H and O–H groups in total. The minimum Gasteiger partial charge on any atom is -0.362 e. The molecule has 0 saturated carbocycles. The lowest BCUT2D eigenvalue weighted by molar-refractivity contribution is 0.0549. The highest BCUT2D eigenvalue weighted by atomic mass is 16.5. The number of ether oxygens (including phenoxy) is 1. The van der Waals surface area contributed by atoms with Crippen molar-refractivity contribution in [1.29, 1.82) is 5.26 Å². The Morgan fingerprint density at radius 1 is 1.50 bits per heavy atom. The molecule has 2 saturated heterocycles. The molecule has 0 amide bonds. The molecule has 0 aliphatic carbocycles. The highest BCUT2D eigenvalue weighted by molar-refractivity contribution is 4.99. The van der Waals surface area contributed by atoms with Gasteiger partial charge in [-0.1, -0.05) is 0 Å². The molecule has 2 aliphatic heterocycles. The van der Waals surface area contributed by atoms with Crippen molar-refractivity contribution in [3.8, 4) is 6.07 Å². The van der Waals surface area contributed by atoms with Crippen LogP contribution in [0.25, 0.3) is 0 Å². The van der Waals surface area contributed by atoms with Gasteiger partial charge in [-0.3, -0.25) is 4.90 Å². The molecule has 0 aromatic carbocycles. The summed E-state index contributed by atoms with van der Waals surface area (Å²) in [7, 11) is 0. The van der Waals surface area contributed by atoms with E-state index in [9.17, 15) is 0 Å². The van der Waals surface area contributed by atoms with Crippen molar-refractivity contribution in [2.75, 3.05) is 13.2 Å². The molecule has 0 bridgehead atoms. The maximum atomic E-state index is 8.67. The van der Waals surface area contributed by atoms with Gasteiger partial charge in [0.25, 0.3) is 0 Å². The Bertz CT molecular complexity index is 175. The van der Waals surface area contributed by atoms with Gasteiger partial charge in [0.15, 0.2) is 0 Å². The van der Waals surface area contributed by atoms with E-state index in [1.54, 1.807) is 0 Å². The van der Waals surface area contributed by atoms with Crippen LogP contribution in [0.4, 0.5) is 0 Å². The molecule has 0 radical (unpaired) electrons. The highest BCUT2D eigenvalue weighted by Crippen LogP contribution is 2.27. The lowest BCUT2D eigenvalue weighted by Crippen LogP contribution is -2.30. The van der Waals surface area contributed by atoms with E-state index in [2.05, 4.69) is 11.0 Å². The van der Waals surface area contributed by atoms with Crippen LogP contribution < -0.4 is 0 Å². The Morgan fingerprint density at radius 2 is 2.40 bits per heavy atom. The third kappa shape index (κ3) is 0.731. The number of nitriles is 1. The second kappa shape index (κ2) is 2.22. The van der Waals surface area contributed by atoms with E-state index in [0.717, 1.165) is 26.0 Å². The molecule has 3 heteroatoms. The summed E-state index contributed by atoms with van der Waals surface area (Å²) in [6.07, 6.45) is 2.30. The smallest absolute Gasteiger partial charge is 0.111 e. The van der Waals surface area contributed by atoms with Crippen LogP contribution in [0, 0.1) is 11.3 Å². The first-order chi connectivity index (χ1) is 4.92. The molecule has 2 aliphatic rings. The summed E-state index contributed by atoms with van der Waals surface area (Å²) in [4.78, 5) is 2.15. The van der Waals surface area contributed by atoms with Gasteiger partial charge in [0.05, 0.1) is 18.7 Å². The molecule has 0 aromatic rings. The predicted molar refractivity (Wildman–Crippen MR) is 35.1 cm³/mol. The first-order valence-corrected chi connectivity index (χ1v) is 3.69. The maximum absolute atomic E-state index is 8.67.